The zero-order chi connectivity index (χ0) is 12.1. The van der Waals surface area contributed by atoms with Gasteiger partial charge in [0.05, 0.1) is 13.3 Å². The van der Waals surface area contributed by atoms with E-state index in [2.05, 4.69) is 28.9 Å². The highest BCUT2D eigenvalue weighted by Gasteiger charge is 2.08. The van der Waals surface area contributed by atoms with Crippen molar-refractivity contribution >= 4 is 11.0 Å². The predicted octanol–water partition coefficient (Wildman–Crippen LogP) is 2.10. The van der Waals surface area contributed by atoms with Gasteiger partial charge in [0.25, 0.3) is 0 Å². The van der Waals surface area contributed by atoms with E-state index in [0.717, 1.165) is 5.52 Å². The topological polar surface area (TPSA) is 52.8 Å². The van der Waals surface area contributed by atoms with Crippen LogP contribution in [0.25, 0.3) is 11.0 Å². The molecule has 0 atom stereocenters. The van der Waals surface area contributed by atoms with E-state index < -0.39 is 0 Å². The molecule has 0 aliphatic heterocycles. The van der Waals surface area contributed by atoms with Crippen molar-refractivity contribution in [2.24, 2.45) is 7.05 Å². The fourth-order valence-corrected chi connectivity index (χ4v) is 1.25. The van der Waals surface area contributed by atoms with Crippen LogP contribution in [0.1, 0.15) is 26.1 Å². The van der Waals surface area contributed by atoms with Gasteiger partial charge in [0.1, 0.15) is 11.3 Å². The third-order valence-corrected chi connectivity index (χ3v) is 1.75. The summed E-state index contributed by atoms with van der Waals surface area (Å²) in [6.45, 7) is 6.08. The molecule has 0 N–H and O–H groups in total. The summed E-state index contributed by atoms with van der Waals surface area (Å²) < 4.78 is 6.79. The molecule has 2 aromatic heterocycles. The number of fused-ring (bicyclic) bond motifs is 1. The van der Waals surface area contributed by atoms with Crippen molar-refractivity contribution in [3.05, 3.63) is 12.0 Å². The Bertz CT molecular complexity index is 464. The van der Waals surface area contributed by atoms with Gasteiger partial charge in [-0.05, 0) is 6.92 Å². The van der Waals surface area contributed by atoms with Crippen LogP contribution in [0.5, 0.6) is 5.88 Å². The van der Waals surface area contributed by atoms with E-state index in [4.69, 9.17) is 4.74 Å². The minimum Gasteiger partial charge on any atom is -0.479 e. The molecule has 0 spiro atoms. The summed E-state index contributed by atoms with van der Waals surface area (Å²) in [5, 5.41) is 4.19. The van der Waals surface area contributed by atoms with Crippen LogP contribution in [-0.4, -0.2) is 26.9 Å². The minimum atomic E-state index is 0.531. The highest BCUT2D eigenvalue weighted by Crippen LogP contribution is 2.19. The molecule has 0 saturated heterocycles. The molecule has 16 heavy (non-hydrogen) atoms. The van der Waals surface area contributed by atoms with Gasteiger partial charge < -0.3 is 4.74 Å². The van der Waals surface area contributed by atoms with E-state index in [1.807, 2.05) is 20.2 Å². The zero-order valence-electron chi connectivity index (χ0n) is 10.5. The lowest BCUT2D eigenvalue weighted by molar-refractivity contribution is 0.400. The second-order valence-electron chi connectivity index (χ2n) is 3.52. The van der Waals surface area contributed by atoms with Crippen LogP contribution in [0, 0.1) is 6.92 Å². The summed E-state index contributed by atoms with van der Waals surface area (Å²) in [5.74, 6) is 1.22. The van der Waals surface area contributed by atoms with Crippen LogP contribution in [-0.2, 0) is 7.05 Å². The average molecular weight is 222 g/mol. The summed E-state index contributed by atoms with van der Waals surface area (Å²) in [6, 6.07) is 0. The van der Waals surface area contributed by atoms with Gasteiger partial charge in [-0.1, -0.05) is 20.3 Å². The maximum atomic E-state index is 5.09. The molecule has 2 rings (SSSR count). The third-order valence-electron chi connectivity index (χ3n) is 1.75. The summed E-state index contributed by atoms with van der Waals surface area (Å²) in [4.78, 5) is 8.35. The normalized spacial score (nSPS) is 9.81. The van der Waals surface area contributed by atoms with Crippen molar-refractivity contribution in [1.82, 2.24) is 19.7 Å². The standard InChI is InChI=1S/C8H10N4O.C3H8/c1-5-9-6-4-12(2)11-7(6)8(10-5)13-3;1-3-2/h4H,1-3H3;3H2,1-2H3. The van der Waals surface area contributed by atoms with E-state index >= 15 is 0 Å². The molecule has 88 valence electrons. The number of aromatic nitrogens is 4. The number of rotatable bonds is 1. The number of aryl methyl sites for hydroxylation is 2. The van der Waals surface area contributed by atoms with E-state index in [0.29, 0.717) is 17.2 Å². The van der Waals surface area contributed by atoms with Crippen molar-refractivity contribution in [1.29, 1.82) is 0 Å². The summed E-state index contributed by atoms with van der Waals surface area (Å²) in [6.07, 6.45) is 3.09. The SMILES string of the molecule is CCC.COc1nc(C)nc2cn(C)nc12. The Morgan fingerprint density at radius 1 is 1.31 bits per heavy atom. The lowest BCUT2D eigenvalue weighted by Crippen LogP contribution is -1.94. The van der Waals surface area contributed by atoms with E-state index in [9.17, 15) is 0 Å². The maximum Gasteiger partial charge on any atom is 0.245 e. The van der Waals surface area contributed by atoms with Gasteiger partial charge in [0.2, 0.25) is 5.88 Å². The van der Waals surface area contributed by atoms with Crippen LogP contribution in [0.3, 0.4) is 0 Å². The second-order valence-corrected chi connectivity index (χ2v) is 3.52. The molecule has 0 aliphatic rings. The van der Waals surface area contributed by atoms with Crippen molar-refractivity contribution in [3.8, 4) is 5.88 Å². The number of methoxy groups -OCH3 is 1. The Balaban J connectivity index is 0.000000386. The van der Waals surface area contributed by atoms with Crippen LogP contribution >= 0.6 is 0 Å². The summed E-state index contributed by atoms with van der Waals surface area (Å²) in [7, 11) is 3.42. The van der Waals surface area contributed by atoms with Crippen LogP contribution in [0.2, 0.25) is 0 Å². The number of hydrogen-bond acceptors (Lipinski definition) is 4. The van der Waals surface area contributed by atoms with E-state index in [1.165, 1.54) is 6.42 Å². The van der Waals surface area contributed by atoms with Gasteiger partial charge >= 0.3 is 0 Å². The molecular formula is C11H18N4O. The molecule has 2 heterocycles. The largest absolute Gasteiger partial charge is 0.479 e. The molecule has 2 aromatic rings. The smallest absolute Gasteiger partial charge is 0.245 e. The molecule has 0 aliphatic carbocycles. The number of hydrogen-bond donors (Lipinski definition) is 0. The van der Waals surface area contributed by atoms with Gasteiger partial charge in [0, 0.05) is 7.05 Å². The first-order chi connectivity index (χ1) is 7.62. The Kier molecular flexibility index (Phi) is 4.22. The molecule has 0 aromatic carbocycles. The molecule has 0 amide bonds. The monoisotopic (exact) mass is 222 g/mol. The summed E-state index contributed by atoms with van der Waals surface area (Å²) in [5.41, 5.74) is 1.52. The van der Waals surface area contributed by atoms with E-state index in [-0.39, 0.29) is 0 Å². The molecule has 0 radical (unpaired) electrons. The first-order valence-electron chi connectivity index (χ1n) is 5.34. The lowest BCUT2D eigenvalue weighted by Gasteiger charge is -1.98. The van der Waals surface area contributed by atoms with Crippen molar-refractivity contribution in [2.45, 2.75) is 27.2 Å². The van der Waals surface area contributed by atoms with Crippen LogP contribution in [0.15, 0.2) is 6.20 Å². The number of nitrogens with zero attached hydrogens (tertiary/aromatic N) is 4. The molecule has 0 saturated carbocycles. The number of ether oxygens (including phenoxy) is 1. The summed E-state index contributed by atoms with van der Waals surface area (Å²) >= 11 is 0. The quantitative estimate of drug-likeness (QED) is 0.741. The third kappa shape index (κ3) is 2.68. The van der Waals surface area contributed by atoms with Gasteiger partial charge in [0.15, 0.2) is 5.52 Å². The van der Waals surface area contributed by atoms with Crippen molar-refractivity contribution in [3.63, 3.8) is 0 Å². The first kappa shape index (κ1) is 12.4. The fourth-order valence-electron chi connectivity index (χ4n) is 1.25. The van der Waals surface area contributed by atoms with Gasteiger partial charge in [-0.2, -0.15) is 10.1 Å². The highest BCUT2D eigenvalue weighted by atomic mass is 16.5. The zero-order valence-corrected chi connectivity index (χ0v) is 10.5. The Morgan fingerprint density at radius 3 is 2.50 bits per heavy atom. The molecule has 0 bridgehead atoms. The Hall–Kier alpha value is -1.65. The molecule has 5 heteroatoms. The molecule has 0 fully saturated rings. The van der Waals surface area contributed by atoms with Crippen LogP contribution < -0.4 is 4.74 Å². The first-order valence-corrected chi connectivity index (χ1v) is 5.34. The highest BCUT2D eigenvalue weighted by molar-refractivity contribution is 5.78. The van der Waals surface area contributed by atoms with Crippen molar-refractivity contribution in [2.75, 3.05) is 7.11 Å². The van der Waals surface area contributed by atoms with Crippen molar-refractivity contribution < 1.29 is 4.74 Å². The van der Waals surface area contributed by atoms with Crippen LogP contribution in [0.4, 0.5) is 0 Å². The average Bonchev–Trinajstić information content (AvgIpc) is 2.58. The molecule has 5 nitrogen and oxygen atoms in total. The van der Waals surface area contributed by atoms with Gasteiger partial charge in [-0.25, -0.2) is 4.98 Å². The maximum absolute atomic E-state index is 5.09. The van der Waals surface area contributed by atoms with E-state index in [1.54, 1.807) is 11.8 Å². The molecule has 0 unspecified atom stereocenters. The fraction of sp³-hybridized carbons (Fsp3) is 0.545. The Morgan fingerprint density at radius 2 is 1.94 bits per heavy atom. The minimum absolute atomic E-state index is 0.531. The van der Waals surface area contributed by atoms with Gasteiger partial charge in [-0.3, -0.25) is 4.68 Å². The predicted molar refractivity (Wildman–Crippen MR) is 63.6 cm³/mol. The lowest BCUT2D eigenvalue weighted by atomic mass is 10.4. The Labute approximate surface area is 95.5 Å². The molecular weight excluding hydrogens is 204 g/mol. The second kappa shape index (κ2) is 5.44. The van der Waals surface area contributed by atoms with Gasteiger partial charge in [-0.15, -0.1) is 0 Å².